The minimum atomic E-state index is 0.0592. The molecule has 0 atom stereocenters. The Labute approximate surface area is 137 Å². The maximum absolute atomic E-state index is 12.4. The second-order valence-electron chi connectivity index (χ2n) is 4.49. The Balaban J connectivity index is 2.09. The van der Waals surface area contributed by atoms with Crippen molar-refractivity contribution in [2.24, 2.45) is 0 Å². The number of thioether (sulfide) groups is 1. The first-order valence-electron chi connectivity index (χ1n) is 6.24. The summed E-state index contributed by atoms with van der Waals surface area (Å²) in [5, 5.41) is 0. The van der Waals surface area contributed by atoms with Crippen molar-refractivity contribution < 1.29 is 4.79 Å². The Morgan fingerprint density at radius 2 is 1.80 bits per heavy atom. The monoisotopic (exact) mass is 397 g/mol. The van der Waals surface area contributed by atoms with Crippen LogP contribution < -0.4 is 0 Å². The zero-order chi connectivity index (χ0) is 14.5. The second kappa shape index (κ2) is 7.13. The molecule has 0 radical (unpaired) electrons. The quantitative estimate of drug-likeness (QED) is 0.567. The lowest BCUT2D eigenvalue weighted by atomic mass is 10.1. The molecule has 104 valence electrons. The highest BCUT2D eigenvalue weighted by Crippen LogP contribution is 2.17. The molecule has 2 nitrogen and oxygen atoms in total. The van der Waals surface area contributed by atoms with E-state index in [9.17, 15) is 4.79 Å². The molecule has 2 aromatic carbocycles. The van der Waals surface area contributed by atoms with Crippen molar-refractivity contribution in [1.82, 2.24) is 4.90 Å². The molecule has 0 bridgehead atoms. The summed E-state index contributed by atoms with van der Waals surface area (Å²) in [6.45, 7) is 0.623. The van der Waals surface area contributed by atoms with Crippen LogP contribution >= 0.6 is 34.4 Å². The number of hydrogen-bond donors (Lipinski definition) is 0. The van der Waals surface area contributed by atoms with Crippen LogP contribution in [0.1, 0.15) is 15.9 Å². The summed E-state index contributed by atoms with van der Waals surface area (Å²) in [7, 11) is 1.84. The zero-order valence-corrected chi connectivity index (χ0v) is 14.4. The molecule has 0 spiro atoms. The van der Waals surface area contributed by atoms with E-state index in [0.717, 1.165) is 14.7 Å². The highest BCUT2D eigenvalue weighted by molar-refractivity contribution is 14.1. The van der Waals surface area contributed by atoms with Crippen LogP contribution in [0.3, 0.4) is 0 Å². The van der Waals surface area contributed by atoms with E-state index in [-0.39, 0.29) is 5.91 Å². The number of carbonyl (C=O) groups excluding carboxylic acids is 1. The average molecular weight is 397 g/mol. The highest BCUT2D eigenvalue weighted by Gasteiger charge is 2.14. The van der Waals surface area contributed by atoms with Crippen molar-refractivity contribution in [3.8, 4) is 0 Å². The van der Waals surface area contributed by atoms with Gasteiger partial charge in [-0.15, -0.1) is 11.8 Å². The van der Waals surface area contributed by atoms with E-state index >= 15 is 0 Å². The fourth-order valence-corrected chi connectivity index (χ4v) is 2.94. The summed E-state index contributed by atoms with van der Waals surface area (Å²) < 4.78 is 0.986. The first kappa shape index (κ1) is 15.4. The molecule has 0 aliphatic heterocycles. The smallest absolute Gasteiger partial charge is 0.254 e. The van der Waals surface area contributed by atoms with E-state index in [1.165, 1.54) is 4.90 Å². The summed E-state index contributed by atoms with van der Waals surface area (Å²) in [5.41, 5.74) is 1.90. The summed E-state index contributed by atoms with van der Waals surface area (Å²) in [6.07, 6.45) is 2.06. The van der Waals surface area contributed by atoms with Gasteiger partial charge >= 0.3 is 0 Å². The zero-order valence-electron chi connectivity index (χ0n) is 11.5. The topological polar surface area (TPSA) is 20.3 Å². The SMILES string of the molecule is CSc1ccc(CN(C)C(=O)c2ccccc2I)cc1. The standard InChI is InChI=1S/C16H16INOS/c1-18(11-12-7-9-13(20-2)10-8-12)16(19)14-5-3-4-6-15(14)17/h3-10H,11H2,1-2H3. The molecular formula is C16H16INOS. The van der Waals surface area contributed by atoms with Crippen LogP contribution in [0.2, 0.25) is 0 Å². The Morgan fingerprint density at radius 3 is 2.40 bits per heavy atom. The Morgan fingerprint density at radius 1 is 1.15 bits per heavy atom. The molecule has 0 aliphatic rings. The van der Waals surface area contributed by atoms with Gasteiger partial charge in [-0.25, -0.2) is 0 Å². The Hall–Kier alpha value is -1.01. The third kappa shape index (κ3) is 3.76. The summed E-state index contributed by atoms with van der Waals surface area (Å²) in [4.78, 5) is 15.4. The van der Waals surface area contributed by atoms with Crippen LogP contribution in [0, 0.1) is 3.57 Å². The van der Waals surface area contributed by atoms with Crippen LogP contribution in [0.5, 0.6) is 0 Å². The van der Waals surface area contributed by atoms with Crippen molar-refractivity contribution in [2.45, 2.75) is 11.4 Å². The molecule has 2 rings (SSSR count). The number of hydrogen-bond acceptors (Lipinski definition) is 2. The van der Waals surface area contributed by atoms with Crippen molar-refractivity contribution in [3.63, 3.8) is 0 Å². The van der Waals surface area contributed by atoms with Crippen LogP contribution in [0.15, 0.2) is 53.4 Å². The normalized spacial score (nSPS) is 10.3. The van der Waals surface area contributed by atoms with Gasteiger partial charge in [-0.2, -0.15) is 0 Å². The highest BCUT2D eigenvalue weighted by atomic mass is 127. The van der Waals surface area contributed by atoms with E-state index in [2.05, 4.69) is 53.1 Å². The number of halogens is 1. The van der Waals surface area contributed by atoms with E-state index in [1.54, 1.807) is 16.7 Å². The number of benzene rings is 2. The van der Waals surface area contributed by atoms with Gasteiger partial charge in [0, 0.05) is 22.1 Å². The molecule has 2 aromatic rings. The van der Waals surface area contributed by atoms with Crippen molar-refractivity contribution in [2.75, 3.05) is 13.3 Å². The van der Waals surface area contributed by atoms with Gasteiger partial charge in [-0.05, 0) is 58.7 Å². The summed E-state index contributed by atoms with van der Waals surface area (Å²) in [6, 6.07) is 16.0. The Kier molecular flexibility index (Phi) is 5.48. The van der Waals surface area contributed by atoms with Gasteiger partial charge in [0.15, 0.2) is 0 Å². The fourth-order valence-electron chi connectivity index (χ4n) is 1.92. The molecule has 0 aliphatic carbocycles. The minimum Gasteiger partial charge on any atom is -0.337 e. The lowest BCUT2D eigenvalue weighted by Gasteiger charge is -2.18. The predicted octanol–water partition coefficient (Wildman–Crippen LogP) is 4.29. The molecule has 0 heterocycles. The van der Waals surface area contributed by atoms with Crippen molar-refractivity contribution in [1.29, 1.82) is 0 Å². The Bertz CT molecular complexity index is 598. The van der Waals surface area contributed by atoms with Gasteiger partial charge in [0.25, 0.3) is 5.91 Å². The molecule has 4 heteroatoms. The third-order valence-electron chi connectivity index (χ3n) is 3.03. The van der Waals surface area contributed by atoms with Crippen LogP contribution in [-0.2, 0) is 6.54 Å². The van der Waals surface area contributed by atoms with Crippen molar-refractivity contribution >= 4 is 40.3 Å². The average Bonchev–Trinajstić information content (AvgIpc) is 2.48. The molecule has 0 saturated carbocycles. The molecule has 0 saturated heterocycles. The molecule has 1 amide bonds. The van der Waals surface area contributed by atoms with Gasteiger partial charge in [0.1, 0.15) is 0 Å². The summed E-state index contributed by atoms with van der Waals surface area (Å²) in [5.74, 6) is 0.0592. The lowest BCUT2D eigenvalue weighted by molar-refractivity contribution is 0.0784. The van der Waals surface area contributed by atoms with E-state index in [1.807, 2.05) is 31.3 Å². The lowest BCUT2D eigenvalue weighted by Crippen LogP contribution is -2.26. The van der Waals surface area contributed by atoms with E-state index in [4.69, 9.17) is 0 Å². The summed E-state index contributed by atoms with van der Waals surface area (Å²) >= 11 is 3.92. The molecular weight excluding hydrogens is 381 g/mol. The van der Waals surface area contributed by atoms with Crippen LogP contribution in [0.25, 0.3) is 0 Å². The van der Waals surface area contributed by atoms with E-state index < -0.39 is 0 Å². The maximum atomic E-state index is 12.4. The molecule has 0 fully saturated rings. The molecule has 0 N–H and O–H groups in total. The van der Waals surface area contributed by atoms with Gasteiger partial charge in [-0.3, -0.25) is 4.79 Å². The maximum Gasteiger partial charge on any atom is 0.254 e. The van der Waals surface area contributed by atoms with Gasteiger partial charge in [0.2, 0.25) is 0 Å². The first-order chi connectivity index (χ1) is 9.61. The first-order valence-corrected chi connectivity index (χ1v) is 8.55. The van der Waals surface area contributed by atoms with E-state index in [0.29, 0.717) is 6.54 Å². The number of nitrogens with zero attached hydrogens (tertiary/aromatic N) is 1. The number of amides is 1. The molecule has 20 heavy (non-hydrogen) atoms. The molecule has 0 aromatic heterocycles. The van der Waals surface area contributed by atoms with Gasteiger partial charge in [-0.1, -0.05) is 24.3 Å². The predicted molar refractivity (Wildman–Crippen MR) is 93.2 cm³/mol. The van der Waals surface area contributed by atoms with Crippen LogP contribution in [-0.4, -0.2) is 24.1 Å². The minimum absolute atomic E-state index is 0.0592. The largest absolute Gasteiger partial charge is 0.337 e. The number of carbonyl (C=O) groups is 1. The van der Waals surface area contributed by atoms with Gasteiger partial charge < -0.3 is 4.90 Å². The number of rotatable bonds is 4. The van der Waals surface area contributed by atoms with Gasteiger partial charge in [0.05, 0.1) is 5.56 Å². The second-order valence-corrected chi connectivity index (χ2v) is 6.53. The third-order valence-corrected chi connectivity index (χ3v) is 4.71. The molecule has 0 unspecified atom stereocenters. The van der Waals surface area contributed by atoms with Crippen molar-refractivity contribution in [3.05, 3.63) is 63.2 Å². The van der Waals surface area contributed by atoms with Crippen LogP contribution in [0.4, 0.5) is 0 Å². The fraction of sp³-hybridized carbons (Fsp3) is 0.188.